The van der Waals surface area contributed by atoms with Gasteiger partial charge in [0.25, 0.3) is 0 Å². The standard InChI is InChI=1S/C10H24N4O2S.HI/c1-5-12-10(14-9(4)8(2)3)13-6-7-17(11,15)16;/h8-9H,5-7H2,1-4H3,(H2,11,15,16)(H2,12,13,14);1H. The first-order chi connectivity index (χ1) is 7.76. The highest BCUT2D eigenvalue weighted by Gasteiger charge is 2.09. The zero-order chi connectivity index (χ0) is 13.5. The van der Waals surface area contributed by atoms with Crippen LogP contribution in [0.3, 0.4) is 0 Å². The molecule has 0 fully saturated rings. The van der Waals surface area contributed by atoms with Crippen LogP contribution < -0.4 is 15.8 Å². The molecule has 0 aromatic carbocycles. The molecule has 8 heteroatoms. The molecule has 0 amide bonds. The van der Waals surface area contributed by atoms with Crippen molar-refractivity contribution in [2.24, 2.45) is 16.0 Å². The molecule has 1 unspecified atom stereocenters. The van der Waals surface area contributed by atoms with E-state index >= 15 is 0 Å². The van der Waals surface area contributed by atoms with E-state index in [0.717, 1.165) is 6.54 Å². The Bertz CT molecular complexity index is 344. The van der Waals surface area contributed by atoms with Gasteiger partial charge in [0, 0.05) is 12.6 Å². The minimum absolute atomic E-state index is 0. The van der Waals surface area contributed by atoms with Gasteiger partial charge in [0.15, 0.2) is 5.96 Å². The number of sulfonamides is 1. The summed E-state index contributed by atoms with van der Waals surface area (Å²) in [4.78, 5) is 4.16. The molecule has 0 aliphatic rings. The molecule has 0 bridgehead atoms. The van der Waals surface area contributed by atoms with Crippen molar-refractivity contribution in [1.82, 2.24) is 10.6 Å². The number of rotatable bonds is 6. The van der Waals surface area contributed by atoms with E-state index in [1.165, 1.54) is 0 Å². The Morgan fingerprint density at radius 2 is 1.89 bits per heavy atom. The third-order valence-electron chi connectivity index (χ3n) is 2.35. The number of hydrogen-bond acceptors (Lipinski definition) is 3. The van der Waals surface area contributed by atoms with Crippen molar-refractivity contribution in [2.75, 3.05) is 18.8 Å². The number of aliphatic imine (C=N–C) groups is 1. The molecule has 0 saturated carbocycles. The summed E-state index contributed by atoms with van der Waals surface area (Å²) in [5.74, 6) is 0.953. The lowest BCUT2D eigenvalue weighted by Gasteiger charge is -2.20. The molecule has 110 valence electrons. The van der Waals surface area contributed by atoms with Crippen molar-refractivity contribution in [3.8, 4) is 0 Å². The van der Waals surface area contributed by atoms with Crippen LogP contribution in [0.15, 0.2) is 4.99 Å². The van der Waals surface area contributed by atoms with E-state index in [4.69, 9.17) is 5.14 Å². The van der Waals surface area contributed by atoms with E-state index in [-0.39, 0.29) is 42.3 Å². The quantitative estimate of drug-likeness (QED) is 0.348. The number of guanidine groups is 1. The van der Waals surface area contributed by atoms with Crippen LogP contribution in [0.25, 0.3) is 0 Å². The van der Waals surface area contributed by atoms with E-state index in [9.17, 15) is 8.42 Å². The summed E-state index contributed by atoms with van der Waals surface area (Å²) in [5, 5.41) is 11.2. The largest absolute Gasteiger partial charge is 0.357 e. The molecule has 0 aromatic heterocycles. The minimum atomic E-state index is -3.44. The molecule has 0 heterocycles. The molecular formula is C10H25IN4O2S. The van der Waals surface area contributed by atoms with E-state index in [1.807, 2.05) is 6.92 Å². The van der Waals surface area contributed by atoms with Gasteiger partial charge in [-0.1, -0.05) is 13.8 Å². The van der Waals surface area contributed by atoms with Gasteiger partial charge in [-0.15, -0.1) is 24.0 Å². The van der Waals surface area contributed by atoms with E-state index in [2.05, 4.69) is 36.4 Å². The van der Waals surface area contributed by atoms with Crippen LogP contribution in [0.2, 0.25) is 0 Å². The molecule has 1 atom stereocenters. The fourth-order valence-electron chi connectivity index (χ4n) is 0.987. The van der Waals surface area contributed by atoms with Crippen LogP contribution in [-0.4, -0.2) is 39.3 Å². The Morgan fingerprint density at radius 3 is 2.28 bits per heavy atom. The first kappa shape index (κ1) is 20.2. The summed E-state index contributed by atoms with van der Waals surface area (Å²) in [5.41, 5.74) is 0. The lowest BCUT2D eigenvalue weighted by atomic mass is 10.1. The van der Waals surface area contributed by atoms with Crippen LogP contribution in [-0.2, 0) is 10.0 Å². The van der Waals surface area contributed by atoms with Gasteiger partial charge >= 0.3 is 0 Å². The third-order valence-corrected chi connectivity index (χ3v) is 3.11. The highest BCUT2D eigenvalue weighted by atomic mass is 127. The van der Waals surface area contributed by atoms with E-state index in [1.54, 1.807) is 0 Å². The summed E-state index contributed by atoms with van der Waals surface area (Å²) < 4.78 is 21.5. The van der Waals surface area contributed by atoms with Gasteiger partial charge in [-0.05, 0) is 19.8 Å². The Hall–Kier alpha value is -0.0900. The molecule has 0 saturated heterocycles. The third kappa shape index (κ3) is 11.0. The lowest BCUT2D eigenvalue weighted by molar-refractivity contribution is 0.481. The second-order valence-electron chi connectivity index (χ2n) is 4.30. The highest BCUT2D eigenvalue weighted by Crippen LogP contribution is 1.99. The Morgan fingerprint density at radius 1 is 1.33 bits per heavy atom. The van der Waals surface area contributed by atoms with Crippen molar-refractivity contribution in [3.63, 3.8) is 0 Å². The van der Waals surface area contributed by atoms with Crippen LogP contribution in [0.4, 0.5) is 0 Å². The number of halogens is 1. The van der Waals surface area contributed by atoms with E-state index < -0.39 is 10.0 Å². The van der Waals surface area contributed by atoms with Crippen LogP contribution in [0.5, 0.6) is 0 Å². The molecule has 18 heavy (non-hydrogen) atoms. The fourth-order valence-corrected chi connectivity index (χ4v) is 1.33. The molecule has 0 aliphatic carbocycles. The molecule has 0 radical (unpaired) electrons. The molecule has 6 nitrogen and oxygen atoms in total. The predicted octanol–water partition coefficient (Wildman–Crippen LogP) is 0.493. The van der Waals surface area contributed by atoms with Gasteiger partial charge in [0.1, 0.15) is 0 Å². The van der Waals surface area contributed by atoms with Crippen molar-refractivity contribution in [2.45, 2.75) is 33.7 Å². The number of nitrogens with two attached hydrogens (primary N) is 1. The molecule has 0 aliphatic heterocycles. The van der Waals surface area contributed by atoms with Crippen molar-refractivity contribution >= 4 is 40.0 Å². The summed E-state index contributed by atoms with van der Waals surface area (Å²) in [6.45, 7) is 9.11. The number of nitrogens with one attached hydrogen (secondary N) is 2. The topological polar surface area (TPSA) is 96.6 Å². The van der Waals surface area contributed by atoms with Gasteiger partial charge in [-0.3, -0.25) is 4.99 Å². The van der Waals surface area contributed by atoms with Gasteiger partial charge in [0.2, 0.25) is 10.0 Å². The maximum Gasteiger partial charge on any atom is 0.210 e. The Kier molecular flexibility index (Phi) is 11.0. The van der Waals surface area contributed by atoms with Gasteiger partial charge in [0.05, 0.1) is 12.3 Å². The summed E-state index contributed by atoms with van der Waals surface area (Å²) in [6.07, 6.45) is 0. The van der Waals surface area contributed by atoms with Crippen molar-refractivity contribution in [1.29, 1.82) is 0 Å². The first-order valence-corrected chi connectivity index (χ1v) is 7.53. The van der Waals surface area contributed by atoms with Gasteiger partial charge in [-0.2, -0.15) is 0 Å². The zero-order valence-corrected chi connectivity index (χ0v) is 14.6. The Labute approximate surface area is 127 Å². The molecule has 0 aromatic rings. The number of primary sulfonamides is 1. The van der Waals surface area contributed by atoms with Crippen LogP contribution in [0, 0.1) is 5.92 Å². The van der Waals surface area contributed by atoms with E-state index in [0.29, 0.717) is 11.9 Å². The molecule has 4 N–H and O–H groups in total. The second kappa shape index (κ2) is 9.79. The second-order valence-corrected chi connectivity index (χ2v) is 6.04. The Balaban J connectivity index is 0. The summed E-state index contributed by atoms with van der Waals surface area (Å²) in [6, 6.07) is 0.266. The smallest absolute Gasteiger partial charge is 0.210 e. The highest BCUT2D eigenvalue weighted by molar-refractivity contribution is 14.0. The molecular weight excluding hydrogens is 367 g/mol. The average molecular weight is 392 g/mol. The predicted molar refractivity (Wildman–Crippen MR) is 86.8 cm³/mol. The van der Waals surface area contributed by atoms with Crippen LogP contribution >= 0.6 is 24.0 Å². The van der Waals surface area contributed by atoms with Crippen molar-refractivity contribution < 1.29 is 8.42 Å². The SMILES string of the molecule is CCNC(=NCCS(N)(=O)=O)NC(C)C(C)C.I. The summed E-state index contributed by atoms with van der Waals surface area (Å²) in [7, 11) is -3.44. The number of nitrogens with zero attached hydrogens (tertiary/aromatic N) is 1. The van der Waals surface area contributed by atoms with Crippen LogP contribution in [0.1, 0.15) is 27.7 Å². The minimum Gasteiger partial charge on any atom is -0.357 e. The molecule has 0 spiro atoms. The first-order valence-electron chi connectivity index (χ1n) is 5.81. The zero-order valence-electron chi connectivity index (χ0n) is 11.4. The van der Waals surface area contributed by atoms with Gasteiger partial charge in [-0.25, -0.2) is 13.6 Å². The summed E-state index contributed by atoms with van der Waals surface area (Å²) >= 11 is 0. The monoisotopic (exact) mass is 392 g/mol. The fraction of sp³-hybridized carbons (Fsp3) is 0.900. The maximum atomic E-state index is 10.8. The maximum absolute atomic E-state index is 10.8. The van der Waals surface area contributed by atoms with Crippen molar-refractivity contribution in [3.05, 3.63) is 0 Å². The number of hydrogen-bond donors (Lipinski definition) is 3. The lowest BCUT2D eigenvalue weighted by Crippen LogP contribution is -2.44. The molecule has 0 rings (SSSR count). The normalized spacial score (nSPS) is 14.0. The van der Waals surface area contributed by atoms with Gasteiger partial charge < -0.3 is 10.6 Å². The average Bonchev–Trinajstić information content (AvgIpc) is 2.15.